The van der Waals surface area contributed by atoms with Gasteiger partial charge in [0.25, 0.3) is 0 Å². The highest BCUT2D eigenvalue weighted by Crippen LogP contribution is 2.28. The molecule has 0 fully saturated rings. The molecule has 1 aromatic heterocycles. The van der Waals surface area contributed by atoms with Crippen molar-refractivity contribution in [3.63, 3.8) is 0 Å². The summed E-state index contributed by atoms with van der Waals surface area (Å²) in [6.45, 7) is 0. The van der Waals surface area contributed by atoms with Crippen LogP contribution in [0.25, 0.3) is 0 Å². The number of aromatic nitrogens is 1. The summed E-state index contributed by atoms with van der Waals surface area (Å²) in [6, 6.07) is 6.26. The first-order chi connectivity index (χ1) is 9.51. The van der Waals surface area contributed by atoms with Crippen LogP contribution in [-0.4, -0.2) is 12.0 Å². The molecule has 2 nitrogen and oxygen atoms in total. The van der Waals surface area contributed by atoms with E-state index in [1.165, 1.54) is 12.1 Å². The molecule has 2 aromatic rings. The van der Waals surface area contributed by atoms with Gasteiger partial charge < -0.3 is 5.32 Å². The van der Waals surface area contributed by atoms with E-state index in [-0.39, 0.29) is 11.9 Å². The fourth-order valence-corrected chi connectivity index (χ4v) is 3.40. The molecule has 1 N–H and O–H groups in total. The lowest BCUT2D eigenvalue weighted by Crippen LogP contribution is -2.20. The first kappa shape index (κ1) is 15.9. The van der Waals surface area contributed by atoms with Crippen molar-refractivity contribution in [2.75, 3.05) is 7.05 Å². The maximum Gasteiger partial charge on any atom is 0.123 e. The lowest BCUT2D eigenvalue weighted by Gasteiger charge is -2.18. The molecule has 6 heteroatoms. The van der Waals surface area contributed by atoms with Gasteiger partial charge in [0.15, 0.2) is 0 Å². The zero-order valence-corrected chi connectivity index (χ0v) is 14.6. The van der Waals surface area contributed by atoms with Gasteiger partial charge in [0.1, 0.15) is 5.82 Å². The molecule has 106 valence electrons. The van der Waals surface area contributed by atoms with E-state index in [1.807, 2.05) is 13.1 Å². The fraction of sp³-hybridized carbons (Fsp3) is 0.214. The summed E-state index contributed by atoms with van der Waals surface area (Å²) < 4.78 is 15.1. The predicted molar refractivity (Wildman–Crippen MR) is 86.6 cm³/mol. The van der Waals surface area contributed by atoms with Crippen LogP contribution >= 0.6 is 43.5 Å². The lowest BCUT2D eigenvalue weighted by atomic mass is 10.0. The number of pyridine rings is 1. The van der Waals surface area contributed by atoms with Crippen LogP contribution in [0.3, 0.4) is 0 Å². The molecular weight excluding hydrogens is 410 g/mol. The molecule has 0 amide bonds. The molecule has 0 spiro atoms. The second-order valence-corrected chi connectivity index (χ2v) is 6.48. The van der Waals surface area contributed by atoms with Gasteiger partial charge in [-0.25, -0.2) is 4.39 Å². The molecule has 20 heavy (non-hydrogen) atoms. The maximum atomic E-state index is 13.3. The largest absolute Gasteiger partial charge is 0.311 e. The standard InChI is InChI=1S/C14H12Br2ClFN2/c1-19-13(14-11(16)6-9(15)7-20-14)5-8-4-10(18)2-3-12(8)17/h2-4,6-7,13,19H,5H2,1H3. The molecule has 0 aliphatic carbocycles. The Kier molecular flexibility index (Phi) is 5.55. The second kappa shape index (κ2) is 6.98. The zero-order valence-electron chi connectivity index (χ0n) is 10.6. The van der Waals surface area contributed by atoms with Gasteiger partial charge in [0, 0.05) is 20.2 Å². The highest BCUT2D eigenvalue weighted by Gasteiger charge is 2.17. The van der Waals surface area contributed by atoms with E-state index >= 15 is 0 Å². The van der Waals surface area contributed by atoms with Gasteiger partial charge in [0.2, 0.25) is 0 Å². The third kappa shape index (κ3) is 3.79. The number of benzene rings is 1. The van der Waals surface area contributed by atoms with Crippen LogP contribution in [0.5, 0.6) is 0 Å². The Morgan fingerprint density at radius 3 is 2.75 bits per heavy atom. The van der Waals surface area contributed by atoms with E-state index in [9.17, 15) is 4.39 Å². The maximum absolute atomic E-state index is 13.3. The van der Waals surface area contributed by atoms with Gasteiger partial charge in [-0.2, -0.15) is 0 Å². The molecule has 1 atom stereocenters. The van der Waals surface area contributed by atoms with Gasteiger partial charge in [0.05, 0.1) is 11.7 Å². The van der Waals surface area contributed by atoms with E-state index in [4.69, 9.17) is 11.6 Å². The van der Waals surface area contributed by atoms with Crippen molar-refractivity contribution < 1.29 is 4.39 Å². The monoisotopic (exact) mass is 420 g/mol. The average molecular weight is 423 g/mol. The van der Waals surface area contributed by atoms with Crippen LogP contribution in [0, 0.1) is 5.82 Å². The lowest BCUT2D eigenvalue weighted by molar-refractivity contribution is 0.568. The summed E-state index contributed by atoms with van der Waals surface area (Å²) in [5, 5.41) is 3.74. The summed E-state index contributed by atoms with van der Waals surface area (Å²) in [5.74, 6) is -0.290. The third-order valence-corrected chi connectivity index (χ3v) is 4.38. The van der Waals surface area contributed by atoms with E-state index < -0.39 is 0 Å². The minimum atomic E-state index is -0.290. The molecule has 0 aliphatic heterocycles. The van der Waals surface area contributed by atoms with Crippen LogP contribution in [0.2, 0.25) is 5.02 Å². The Hall–Kier alpha value is -0.490. The summed E-state index contributed by atoms with van der Waals surface area (Å²) in [7, 11) is 1.84. The van der Waals surface area contributed by atoms with Crippen molar-refractivity contribution in [2.24, 2.45) is 0 Å². The first-order valence-corrected chi connectivity index (χ1v) is 7.89. The van der Waals surface area contributed by atoms with Crippen LogP contribution in [0.15, 0.2) is 39.4 Å². The fourth-order valence-electron chi connectivity index (χ4n) is 1.94. The number of hydrogen-bond acceptors (Lipinski definition) is 2. The van der Waals surface area contributed by atoms with Gasteiger partial charge in [-0.05, 0) is 75.2 Å². The number of halogens is 4. The zero-order chi connectivity index (χ0) is 14.7. The molecule has 0 aliphatic rings. The highest BCUT2D eigenvalue weighted by atomic mass is 79.9. The number of hydrogen-bond donors (Lipinski definition) is 1. The van der Waals surface area contributed by atoms with Gasteiger partial charge in [-0.15, -0.1) is 0 Å². The van der Waals surface area contributed by atoms with Crippen LogP contribution in [0.1, 0.15) is 17.3 Å². The highest BCUT2D eigenvalue weighted by molar-refractivity contribution is 9.11. The van der Waals surface area contributed by atoms with E-state index in [0.717, 1.165) is 20.2 Å². The minimum absolute atomic E-state index is 0.0585. The molecule has 0 bridgehead atoms. The second-order valence-electron chi connectivity index (χ2n) is 4.30. The Morgan fingerprint density at radius 1 is 1.35 bits per heavy atom. The number of nitrogens with one attached hydrogen (secondary N) is 1. The van der Waals surface area contributed by atoms with Crippen LogP contribution in [0.4, 0.5) is 4.39 Å². The molecule has 1 heterocycles. The van der Waals surface area contributed by atoms with Crippen molar-refractivity contribution in [3.8, 4) is 0 Å². The van der Waals surface area contributed by atoms with Crippen molar-refractivity contribution in [2.45, 2.75) is 12.5 Å². The normalized spacial score (nSPS) is 12.4. The Balaban J connectivity index is 2.31. The Morgan fingerprint density at radius 2 is 2.10 bits per heavy atom. The van der Waals surface area contributed by atoms with E-state index in [1.54, 1.807) is 12.3 Å². The molecule has 1 unspecified atom stereocenters. The number of likely N-dealkylation sites (N-methyl/N-ethyl adjacent to an activating group) is 1. The van der Waals surface area contributed by atoms with Crippen LogP contribution < -0.4 is 5.32 Å². The van der Waals surface area contributed by atoms with Crippen molar-refractivity contribution in [3.05, 3.63) is 61.5 Å². The predicted octanol–water partition coefficient (Wildman–Crippen LogP) is 4.90. The molecule has 0 radical (unpaired) electrons. The summed E-state index contributed by atoms with van der Waals surface area (Å²) in [4.78, 5) is 4.40. The van der Waals surface area contributed by atoms with Gasteiger partial charge >= 0.3 is 0 Å². The van der Waals surface area contributed by atoms with Crippen molar-refractivity contribution in [1.82, 2.24) is 10.3 Å². The summed E-state index contributed by atoms with van der Waals surface area (Å²) >= 11 is 13.0. The van der Waals surface area contributed by atoms with Crippen LogP contribution in [-0.2, 0) is 6.42 Å². The SMILES string of the molecule is CNC(Cc1cc(F)ccc1Cl)c1ncc(Br)cc1Br. The molecule has 0 saturated carbocycles. The summed E-state index contributed by atoms with van der Waals surface area (Å²) in [6.07, 6.45) is 2.29. The smallest absolute Gasteiger partial charge is 0.123 e. The van der Waals surface area contributed by atoms with Gasteiger partial charge in [-0.3, -0.25) is 4.98 Å². The molecule has 0 saturated heterocycles. The Labute approximate surface area is 139 Å². The molecular formula is C14H12Br2ClFN2. The Bertz CT molecular complexity index is 622. The van der Waals surface area contributed by atoms with E-state index in [0.29, 0.717) is 11.4 Å². The topological polar surface area (TPSA) is 24.9 Å². The van der Waals surface area contributed by atoms with Crippen molar-refractivity contribution in [1.29, 1.82) is 0 Å². The summed E-state index contributed by atoms with van der Waals surface area (Å²) in [5.41, 5.74) is 1.61. The minimum Gasteiger partial charge on any atom is -0.311 e. The molecule has 1 aromatic carbocycles. The molecule has 2 rings (SSSR count). The quantitative estimate of drug-likeness (QED) is 0.758. The number of rotatable bonds is 4. The third-order valence-electron chi connectivity index (χ3n) is 2.95. The van der Waals surface area contributed by atoms with Gasteiger partial charge in [-0.1, -0.05) is 11.6 Å². The first-order valence-electron chi connectivity index (χ1n) is 5.93. The average Bonchev–Trinajstić information content (AvgIpc) is 2.40. The van der Waals surface area contributed by atoms with Crippen molar-refractivity contribution >= 4 is 43.5 Å². The van der Waals surface area contributed by atoms with E-state index in [2.05, 4.69) is 42.2 Å². The number of nitrogens with zero attached hydrogens (tertiary/aromatic N) is 1.